The predicted octanol–water partition coefficient (Wildman–Crippen LogP) is 2.12. The zero-order valence-corrected chi connectivity index (χ0v) is 14.7. The summed E-state index contributed by atoms with van der Waals surface area (Å²) in [6.45, 7) is 1.68. The zero-order valence-electron chi connectivity index (χ0n) is 14.7. The largest absolute Gasteiger partial charge is 0.341 e. The van der Waals surface area contributed by atoms with E-state index >= 15 is 0 Å². The molecule has 1 aromatic rings. The number of non-ortho nitro benzene ring substituents is 2. The maximum Gasteiger partial charge on any atom is 0.277 e. The molecule has 1 aromatic carbocycles. The van der Waals surface area contributed by atoms with E-state index in [4.69, 9.17) is 0 Å². The highest BCUT2D eigenvalue weighted by Gasteiger charge is 2.36. The molecule has 0 saturated carbocycles. The Labute approximate surface area is 155 Å². The smallest absolute Gasteiger partial charge is 0.277 e. The van der Waals surface area contributed by atoms with Crippen LogP contribution < -0.4 is 0 Å². The minimum absolute atomic E-state index is 0.111. The number of nitro groups is 2. The molecule has 0 aromatic heterocycles. The van der Waals surface area contributed by atoms with Gasteiger partial charge in [-0.25, -0.2) is 0 Å². The zero-order chi connectivity index (χ0) is 19.6. The minimum atomic E-state index is -0.771. The summed E-state index contributed by atoms with van der Waals surface area (Å²) in [5.74, 6) is -0.695. The lowest BCUT2D eigenvalue weighted by atomic mass is 9.99. The van der Waals surface area contributed by atoms with Gasteiger partial charge in [-0.05, 0) is 32.1 Å². The molecule has 1 atom stereocenters. The normalized spacial score (nSPS) is 19.8. The average molecular weight is 376 g/mol. The maximum atomic E-state index is 13.0. The van der Waals surface area contributed by atoms with Crippen LogP contribution in [0.1, 0.15) is 42.5 Å². The van der Waals surface area contributed by atoms with Crippen molar-refractivity contribution in [1.29, 1.82) is 0 Å². The fourth-order valence-corrected chi connectivity index (χ4v) is 3.67. The Morgan fingerprint density at radius 3 is 2.00 bits per heavy atom. The van der Waals surface area contributed by atoms with Crippen molar-refractivity contribution < 1.29 is 19.4 Å². The average Bonchev–Trinajstić information content (AvgIpc) is 3.21. The van der Waals surface area contributed by atoms with Crippen LogP contribution in [0.4, 0.5) is 11.4 Å². The standard InChI is InChI=1S/C17H20N4O6/c22-16(12-9-13(20(24)25)11-14(10-12)21(26)27)19-8-2-1-5-15(19)17(23)18-6-3-4-7-18/h9-11,15H,1-8H2. The van der Waals surface area contributed by atoms with Crippen molar-refractivity contribution in [3.8, 4) is 0 Å². The summed E-state index contributed by atoms with van der Waals surface area (Å²) in [6.07, 6.45) is 3.92. The predicted molar refractivity (Wildman–Crippen MR) is 94.2 cm³/mol. The summed E-state index contributed by atoms with van der Waals surface area (Å²) in [5.41, 5.74) is -1.18. The second kappa shape index (κ2) is 7.68. The minimum Gasteiger partial charge on any atom is -0.341 e. The number of hydrogen-bond donors (Lipinski definition) is 0. The van der Waals surface area contributed by atoms with Crippen LogP contribution in [0, 0.1) is 20.2 Å². The number of hydrogen-bond acceptors (Lipinski definition) is 6. The van der Waals surface area contributed by atoms with Crippen molar-refractivity contribution in [2.45, 2.75) is 38.1 Å². The highest BCUT2D eigenvalue weighted by atomic mass is 16.6. The van der Waals surface area contributed by atoms with Crippen molar-refractivity contribution in [2.24, 2.45) is 0 Å². The second-order valence-corrected chi connectivity index (χ2v) is 6.79. The van der Waals surface area contributed by atoms with Gasteiger partial charge in [-0.15, -0.1) is 0 Å². The van der Waals surface area contributed by atoms with E-state index in [1.54, 1.807) is 4.90 Å². The lowest BCUT2D eigenvalue weighted by molar-refractivity contribution is -0.394. The lowest BCUT2D eigenvalue weighted by Crippen LogP contribution is -2.52. The van der Waals surface area contributed by atoms with Crippen LogP contribution in [0.2, 0.25) is 0 Å². The van der Waals surface area contributed by atoms with Gasteiger partial charge in [0.15, 0.2) is 0 Å². The van der Waals surface area contributed by atoms with Gasteiger partial charge in [-0.2, -0.15) is 0 Å². The van der Waals surface area contributed by atoms with E-state index in [1.165, 1.54) is 4.90 Å². The summed E-state index contributed by atoms with van der Waals surface area (Å²) in [6, 6.07) is 2.25. The third-order valence-corrected chi connectivity index (χ3v) is 5.04. The SMILES string of the molecule is O=C(C1CCCCN1C(=O)c1cc([N+](=O)[O-])cc([N+](=O)[O-])c1)N1CCCC1. The Morgan fingerprint density at radius 1 is 0.889 bits per heavy atom. The Kier molecular flexibility index (Phi) is 5.33. The second-order valence-electron chi connectivity index (χ2n) is 6.79. The van der Waals surface area contributed by atoms with Gasteiger partial charge in [-0.1, -0.05) is 0 Å². The van der Waals surface area contributed by atoms with Crippen LogP contribution in [0.3, 0.4) is 0 Å². The summed E-state index contributed by atoms with van der Waals surface area (Å²) in [4.78, 5) is 49.6. The van der Waals surface area contributed by atoms with Crippen LogP contribution in [0.5, 0.6) is 0 Å². The first-order valence-electron chi connectivity index (χ1n) is 8.92. The van der Waals surface area contributed by atoms with E-state index < -0.39 is 33.2 Å². The van der Waals surface area contributed by atoms with E-state index in [9.17, 15) is 29.8 Å². The molecule has 2 aliphatic rings. The number of likely N-dealkylation sites (tertiary alicyclic amines) is 2. The van der Waals surface area contributed by atoms with Crippen LogP contribution >= 0.6 is 0 Å². The van der Waals surface area contributed by atoms with E-state index in [2.05, 4.69) is 0 Å². The van der Waals surface area contributed by atoms with E-state index in [0.29, 0.717) is 32.5 Å². The van der Waals surface area contributed by atoms with Crippen LogP contribution in [-0.4, -0.2) is 57.1 Å². The lowest BCUT2D eigenvalue weighted by Gasteiger charge is -2.36. The topological polar surface area (TPSA) is 127 Å². The van der Waals surface area contributed by atoms with Crippen LogP contribution in [0.25, 0.3) is 0 Å². The summed E-state index contributed by atoms with van der Waals surface area (Å²) >= 11 is 0. The van der Waals surface area contributed by atoms with Gasteiger partial charge < -0.3 is 9.80 Å². The number of benzene rings is 1. The van der Waals surface area contributed by atoms with Crippen molar-refractivity contribution in [1.82, 2.24) is 9.80 Å². The number of amides is 2. The van der Waals surface area contributed by atoms with Gasteiger partial charge in [0.1, 0.15) is 6.04 Å². The molecule has 2 aliphatic heterocycles. The van der Waals surface area contributed by atoms with Crippen molar-refractivity contribution >= 4 is 23.2 Å². The third kappa shape index (κ3) is 3.88. The van der Waals surface area contributed by atoms with Crippen LogP contribution in [0.15, 0.2) is 18.2 Å². The highest BCUT2D eigenvalue weighted by Crippen LogP contribution is 2.27. The number of nitrogens with zero attached hydrogens (tertiary/aromatic N) is 4. The molecular formula is C17H20N4O6. The molecule has 2 amide bonds. The molecule has 1 unspecified atom stereocenters. The first-order valence-corrected chi connectivity index (χ1v) is 8.92. The van der Waals surface area contributed by atoms with Gasteiger partial charge in [-0.3, -0.25) is 29.8 Å². The van der Waals surface area contributed by atoms with Gasteiger partial charge >= 0.3 is 0 Å². The maximum absolute atomic E-state index is 13.0. The van der Waals surface area contributed by atoms with E-state index in [1.807, 2.05) is 0 Å². The molecule has 2 fully saturated rings. The van der Waals surface area contributed by atoms with Crippen molar-refractivity contribution in [3.63, 3.8) is 0 Å². The first-order chi connectivity index (χ1) is 12.9. The molecule has 144 valence electrons. The highest BCUT2D eigenvalue weighted by molar-refractivity contribution is 5.98. The molecule has 10 nitrogen and oxygen atoms in total. The number of carbonyl (C=O) groups excluding carboxylic acids is 2. The molecule has 2 saturated heterocycles. The summed E-state index contributed by atoms with van der Waals surface area (Å²) in [5, 5.41) is 22.1. The van der Waals surface area contributed by atoms with Gasteiger partial charge in [0.25, 0.3) is 17.3 Å². The molecule has 2 heterocycles. The number of carbonyl (C=O) groups is 2. The fourth-order valence-electron chi connectivity index (χ4n) is 3.67. The fraction of sp³-hybridized carbons (Fsp3) is 0.529. The molecule has 0 aliphatic carbocycles. The van der Waals surface area contributed by atoms with Gasteiger partial charge in [0, 0.05) is 31.8 Å². The molecule has 3 rings (SSSR count). The Morgan fingerprint density at radius 2 is 1.44 bits per heavy atom. The van der Waals surface area contributed by atoms with Crippen LogP contribution in [-0.2, 0) is 4.79 Å². The quantitative estimate of drug-likeness (QED) is 0.585. The summed E-state index contributed by atoms with van der Waals surface area (Å²) < 4.78 is 0. The number of nitro benzene ring substituents is 2. The molecule has 27 heavy (non-hydrogen) atoms. The number of rotatable bonds is 4. The van der Waals surface area contributed by atoms with E-state index in [-0.39, 0.29) is 11.5 Å². The Hall–Kier alpha value is -3.04. The third-order valence-electron chi connectivity index (χ3n) is 5.04. The van der Waals surface area contributed by atoms with Gasteiger partial charge in [0.2, 0.25) is 5.91 Å². The van der Waals surface area contributed by atoms with E-state index in [0.717, 1.165) is 37.5 Å². The number of piperidine rings is 1. The van der Waals surface area contributed by atoms with Gasteiger partial charge in [0.05, 0.1) is 21.5 Å². The van der Waals surface area contributed by atoms with Crippen molar-refractivity contribution in [2.75, 3.05) is 19.6 Å². The summed E-state index contributed by atoms with van der Waals surface area (Å²) in [7, 11) is 0. The molecule has 0 radical (unpaired) electrons. The molecule has 10 heteroatoms. The Bertz CT molecular complexity index is 757. The molecule has 0 N–H and O–H groups in total. The van der Waals surface area contributed by atoms with Crippen molar-refractivity contribution in [3.05, 3.63) is 44.0 Å². The first kappa shape index (κ1) is 18.7. The molecule has 0 spiro atoms. The monoisotopic (exact) mass is 376 g/mol. The molecular weight excluding hydrogens is 356 g/mol. The molecule has 0 bridgehead atoms. The Balaban J connectivity index is 1.91.